The third kappa shape index (κ3) is 4.97. The van der Waals surface area contributed by atoms with Crippen LogP contribution in [-0.2, 0) is 11.2 Å². The number of pyridine rings is 1. The summed E-state index contributed by atoms with van der Waals surface area (Å²) in [7, 11) is 0. The SMILES string of the molecule is CCNC(=O)c1cccc(NC(=O)CCc2nc(-c3ccncc3)no2)c1. The maximum atomic E-state index is 12.2. The van der Waals surface area contributed by atoms with Gasteiger partial charge >= 0.3 is 0 Å². The van der Waals surface area contributed by atoms with Crippen LogP contribution in [0.5, 0.6) is 0 Å². The average molecular weight is 365 g/mol. The molecule has 8 nitrogen and oxygen atoms in total. The molecule has 2 heterocycles. The lowest BCUT2D eigenvalue weighted by Crippen LogP contribution is -2.22. The zero-order valence-corrected chi connectivity index (χ0v) is 14.8. The van der Waals surface area contributed by atoms with Crippen molar-refractivity contribution in [2.75, 3.05) is 11.9 Å². The second-order valence-corrected chi connectivity index (χ2v) is 5.74. The molecular formula is C19H19N5O3. The van der Waals surface area contributed by atoms with Crippen molar-refractivity contribution in [3.05, 3.63) is 60.2 Å². The van der Waals surface area contributed by atoms with E-state index in [0.29, 0.717) is 35.9 Å². The molecule has 0 radical (unpaired) electrons. The van der Waals surface area contributed by atoms with E-state index in [9.17, 15) is 9.59 Å². The molecule has 8 heteroatoms. The average Bonchev–Trinajstić information content (AvgIpc) is 3.17. The van der Waals surface area contributed by atoms with Gasteiger partial charge < -0.3 is 15.2 Å². The van der Waals surface area contributed by atoms with Crippen molar-refractivity contribution in [2.24, 2.45) is 0 Å². The molecular weight excluding hydrogens is 346 g/mol. The van der Waals surface area contributed by atoms with Crippen LogP contribution >= 0.6 is 0 Å². The molecule has 3 rings (SSSR count). The molecule has 0 spiro atoms. The van der Waals surface area contributed by atoms with Crippen molar-refractivity contribution >= 4 is 17.5 Å². The van der Waals surface area contributed by atoms with Crippen LogP contribution in [0.4, 0.5) is 5.69 Å². The van der Waals surface area contributed by atoms with Gasteiger partial charge in [-0.1, -0.05) is 11.2 Å². The van der Waals surface area contributed by atoms with Crippen molar-refractivity contribution in [3.8, 4) is 11.4 Å². The normalized spacial score (nSPS) is 10.4. The van der Waals surface area contributed by atoms with Crippen LogP contribution < -0.4 is 10.6 Å². The van der Waals surface area contributed by atoms with Crippen molar-refractivity contribution < 1.29 is 14.1 Å². The van der Waals surface area contributed by atoms with Gasteiger partial charge in [-0.15, -0.1) is 0 Å². The molecule has 2 N–H and O–H groups in total. The molecule has 0 aliphatic carbocycles. The quantitative estimate of drug-likeness (QED) is 0.665. The van der Waals surface area contributed by atoms with E-state index < -0.39 is 0 Å². The van der Waals surface area contributed by atoms with Crippen LogP contribution in [0.3, 0.4) is 0 Å². The Balaban J connectivity index is 1.55. The highest BCUT2D eigenvalue weighted by Gasteiger charge is 2.11. The number of nitrogens with one attached hydrogen (secondary N) is 2. The minimum Gasteiger partial charge on any atom is -0.352 e. The van der Waals surface area contributed by atoms with E-state index in [1.807, 2.05) is 6.92 Å². The molecule has 0 fully saturated rings. The first-order valence-electron chi connectivity index (χ1n) is 8.57. The fourth-order valence-corrected chi connectivity index (χ4v) is 2.42. The largest absolute Gasteiger partial charge is 0.352 e. The lowest BCUT2D eigenvalue weighted by Gasteiger charge is -2.07. The second-order valence-electron chi connectivity index (χ2n) is 5.74. The summed E-state index contributed by atoms with van der Waals surface area (Å²) in [5, 5.41) is 9.40. The summed E-state index contributed by atoms with van der Waals surface area (Å²) in [6.45, 7) is 2.39. The summed E-state index contributed by atoms with van der Waals surface area (Å²) in [5.41, 5.74) is 1.85. The standard InChI is InChI=1S/C19H19N5O3/c1-2-21-19(26)14-4-3-5-15(12-14)22-16(25)6-7-17-23-18(24-27-17)13-8-10-20-11-9-13/h3-5,8-12H,2,6-7H2,1H3,(H,21,26)(H,22,25). The number of carbonyl (C=O) groups excluding carboxylic acids is 2. The van der Waals surface area contributed by atoms with Gasteiger partial charge in [-0.3, -0.25) is 14.6 Å². The van der Waals surface area contributed by atoms with Crippen LogP contribution in [0.1, 0.15) is 29.6 Å². The molecule has 27 heavy (non-hydrogen) atoms. The number of carbonyl (C=O) groups is 2. The number of hydrogen-bond donors (Lipinski definition) is 2. The topological polar surface area (TPSA) is 110 Å². The summed E-state index contributed by atoms with van der Waals surface area (Å²) < 4.78 is 5.18. The van der Waals surface area contributed by atoms with Crippen molar-refractivity contribution in [1.82, 2.24) is 20.4 Å². The molecule has 0 saturated heterocycles. The van der Waals surface area contributed by atoms with Crippen LogP contribution in [-0.4, -0.2) is 33.5 Å². The molecule has 1 aromatic carbocycles. The number of amides is 2. The predicted octanol–water partition coefficient (Wildman–Crippen LogP) is 2.45. The summed E-state index contributed by atoms with van der Waals surface area (Å²) >= 11 is 0. The molecule has 0 aliphatic heterocycles. The van der Waals surface area contributed by atoms with Gasteiger partial charge in [0.2, 0.25) is 17.6 Å². The van der Waals surface area contributed by atoms with E-state index >= 15 is 0 Å². The third-order valence-electron chi connectivity index (χ3n) is 3.72. The zero-order chi connectivity index (χ0) is 19.1. The number of hydrogen-bond acceptors (Lipinski definition) is 6. The summed E-state index contributed by atoms with van der Waals surface area (Å²) in [4.78, 5) is 32.2. The van der Waals surface area contributed by atoms with Gasteiger partial charge in [0, 0.05) is 48.6 Å². The molecule has 0 saturated carbocycles. The summed E-state index contributed by atoms with van der Waals surface area (Å²) in [6.07, 6.45) is 3.80. The number of nitrogens with zero attached hydrogens (tertiary/aromatic N) is 3. The Kier molecular flexibility index (Phi) is 5.88. The van der Waals surface area contributed by atoms with Gasteiger partial charge in [0.25, 0.3) is 5.91 Å². The number of aryl methyl sites for hydroxylation is 1. The van der Waals surface area contributed by atoms with E-state index in [-0.39, 0.29) is 18.2 Å². The molecule has 0 unspecified atom stereocenters. The third-order valence-corrected chi connectivity index (χ3v) is 3.72. The molecule has 0 bridgehead atoms. The fourth-order valence-electron chi connectivity index (χ4n) is 2.42. The van der Waals surface area contributed by atoms with Crippen LogP contribution in [0, 0.1) is 0 Å². The van der Waals surface area contributed by atoms with E-state index in [1.165, 1.54) is 0 Å². The lowest BCUT2D eigenvalue weighted by molar-refractivity contribution is -0.116. The van der Waals surface area contributed by atoms with Gasteiger partial charge in [0.15, 0.2) is 0 Å². The number of rotatable bonds is 7. The smallest absolute Gasteiger partial charge is 0.251 e. The first-order chi connectivity index (χ1) is 13.2. The van der Waals surface area contributed by atoms with Crippen molar-refractivity contribution in [1.29, 1.82) is 0 Å². The lowest BCUT2D eigenvalue weighted by atomic mass is 10.2. The number of aromatic nitrogens is 3. The molecule has 2 amide bonds. The highest BCUT2D eigenvalue weighted by Crippen LogP contribution is 2.15. The van der Waals surface area contributed by atoms with Gasteiger partial charge in [0.05, 0.1) is 0 Å². The molecule has 138 valence electrons. The van der Waals surface area contributed by atoms with Gasteiger partial charge in [-0.05, 0) is 37.3 Å². The Hall–Kier alpha value is -3.55. The van der Waals surface area contributed by atoms with Gasteiger partial charge in [0.1, 0.15) is 0 Å². The first-order valence-corrected chi connectivity index (χ1v) is 8.57. The monoisotopic (exact) mass is 365 g/mol. The van der Waals surface area contributed by atoms with E-state index in [0.717, 1.165) is 5.56 Å². The first kappa shape index (κ1) is 18.2. The Labute approximate surface area is 156 Å². The zero-order valence-electron chi connectivity index (χ0n) is 14.8. The van der Waals surface area contributed by atoms with Crippen LogP contribution in [0.15, 0.2) is 53.3 Å². The predicted molar refractivity (Wildman–Crippen MR) is 98.9 cm³/mol. The number of benzene rings is 1. The Morgan fingerprint density at radius 1 is 1.15 bits per heavy atom. The van der Waals surface area contributed by atoms with E-state index in [2.05, 4.69) is 25.8 Å². The highest BCUT2D eigenvalue weighted by atomic mass is 16.5. The minimum atomic E-state index is -0.202. The molecule has 0 aliphatic rings. The minimum absolute atomic E-state index is 0.178. The Bertz CT molecular complexity index is 924. The molecule has 2 aromatic heterocycles. The second kappa shape index (κ2) is 8.70. The van der Waals surface area contributed by atoms with E-state index in [4.69, 9.17) is 4.52 Å². The van der Waals surface area contributed by atoms with Gasteiger partial charge in [-0.2, -0.15) is 4.98 Å². The summed E-state index contributed by atoms with van der Waals surface area (Å²) in [5.74, 6) is 0.463. The Morgan fingerprint density at radius 2 is 1.96 bits per heavy atom. The maximum absolute atomic E-state index is 12.2. The number of anilines is 1. The molecule has 0 atom stereocenters. The van der Waals surface area contributed by atoms with Gasteiger partial charge in [-0.25, -0.2) is 0 Å². The van der Waals surface area contributed by atoms with Crippen molar-refractivity contribution in [2.45, 2.75) is 19.8 Å². The van der Waals surface area contributed by atoms with Crippen LogP contribution in [0.2, 0.25) is 0 Å². The molecule has 3 aromatic rings. The van der Waals surface area contributed by atoms with Crippen molar-refractivity contribution in [3.63, 3.8) is 0 Å². The fraction of sp³-hybridized carbons (Fsp3) is 0.211. The maximum Gasteiger partial charge on any atom is 0.251 e. The highest BCUT2D eigenvalue weighted by molar-refractivity contribution is 5.97. The summed E-state index contributed by atoms with van der Waals surface area (Å²) in [6, 6.07) is 10.3. The van der Waals surface area contributed by atoms with Crippen LogP contribution in [0.25, 0.3) is 11.4 Å². The Morgan fingerprint density at radius 3 is 2.74 bits per heavy atom. The van der Waals surface area contributed by atoms with E-state index in [1.54, 1.807) is 48.8 Å².